The van der Waals surface area contributed by atoms with Gasteiger partial charge in [-0.3, -0.25) is 19.7 Å². The molecule has 1 N–H and O–H groups in total. The number of amides is 1. The molecule has 0 fully saturated rings. The third-order valence-electron chi connectivity index (χ3n) is 4.47. The molecule has 0 radical (unpaired) electrons. The number of nitro benzene ring substituents is 1. The van der Waals surface area contributed by atoms with Gasteiger partial charge in [-0.2, -0.15) is 0 Å². The maximum Gasteiger partial charge on any atom is 0.313 e. The molecule has 2 aromatic rings. The van der Waals surface area contributed by atoms with Gasteiger partial charge in [-0.25, -0.2) is 0 Å². The first-order chi connectivity index (χ1) is 12.0. The molecule has 1 aliphatic rings. The molecule has 0 aliphatic carbocycles. The van der Waals surface area contributed by atoms with Crippen LogP contribution >= 0.6 is 0 Å². The molecule has 7 heteroatoms. The van der Waals surface area contributed by atoms with E-state index in [1.807, 2.05) is 0 Å². The second-order valence-corrected chi connectivity index (χ2v) is 5.79. The minimum absolute atomic E-state index is 0.135. The van der Waals surface area contributed by atoms with E-state index in [9.17, 15) is 24.8 Å². The lowest BCUT2D eigenvalue weighted by Crippen LogP contribution is -2.44. The normalized spacial score (nSPS) is 19.4. The van der Waals surface area contributed by atoms with Crippen molar-refractivity contribution in [1.29, 1.82) is 0 Å². The fourth-order valence-corrected chi connectivity index (χ4v) is 3.40. The molecule has 0 bridgehead atoms. The lowest BCUT2D eigenvalue weighted by molar-refractivity contribution is -0.385. The third kappa shape index (κ3) is 2.73. The number of hydrogen-bond acceptors (Lipinski definition) is 4. The van der Waals surface area contributed by atoms with E-state index in [2.05, 4.69) is 0 Å². The van der Waals surface area contributed by atoms with Gasteiger partial charge in [-0.05, 0) is 24.1 Å². The standard InChI is InChI=1S/C18H16N2O5/c1-2-19-16(11-6-5-7-12(10-11)20(24)25)15(18(22)23)13-8-3-4-9-14(13)17(19)21/h3-10,15-16H,2H2,1H3,(H,22,23). The summed E-state index contributed by atoms with van der Waals surface area (Å²) in [5, 5.41) is 20.9. The molecule has 0 saturated carbocycles. The lowest BCUT2D eigenvalue weighted by atomic mass is 9.79. The Kier molecular flexibility index (Phi) is 4.22. The van der Waals surface area contributed by atoms with Crippen molar-refractivity contribution in [3.8, 4) is 0 Å². The number of aliphatic carboxylic acids is 1. The molecule has 1 amide bonds. The largest absolute Gasteiger partial charge is 0.481 e. The summed E-state index contributed by atoms with van der Waals surface area (Å²) in [6.45, 7) is 2.05. The fraction of sp³-hybridized carbons (Fsp3) is 0.222. The van der Waals surface area contributed by atoms with Crippen LogP contribution in [0.5, 0.6) is 0 Å². The van der Waals surface area contributed by atoms with Crippen LogP contribution < -0.4 is 0 Å². The van der Waals surface area contributed by atoms with Crippen molar-refractivity contribution in [2.75, 3.05) is 6.54 Å². The predicted molar refractivity (Wildman–Crippen MR) is 89.4 cm³/mol. The number of fused-ring (bicyclic) bond motifs is 1. The molecule has 0 spiro atoms. The highest BCUT2D eigenvalue weighted by atomic mass is 16.6. The van der Waals surface area contributed by atoms with Gasteiger partial charge in [-0.15, -0.1) is 0 Å². The van der Waals surface area contributed by atoms with Gasteiger partial charge in [0.25, 0.3) is 11.6 Å². The van der Waals surface area contributed by atoms with Crippen LogP contribution in [0, 0.1) is 10.1 Å². The minimum atomic E-state index is -1.07. The molecule has 2 unspecified atom stereocenters. The molecule has 2 atom stereocenters. The van der Waals surface area contributed by atoms with Gasteiger partial charge in [0.15, 0.2) is 0 Å². The highest BCUT2D eigenvalue weighted by Crippen LogP contribution is 2.43. The van der Waals surface area contributed by atoms with Gasteiger partial charge in [0.05, 0.1) is 11.0 Å². The first kappa shape index (κ1) is 16.6. The summed E-state index contributed by atoms with van der Waals surface area (Å²) in [6.07, 6.45) is 0. The minimum Gasteiger partial charge on any atom is -0.481 e. The zero-order chi connectivity index (χ0) is 18.1. The number of nitrogens with zero attached hydrogens (tertiary/aromatic N) is 2. The van der Waals surface area contributed by atoms with Crippen LogP contribution in [0.4, 0.5) is 5.69 Å². The van der Waals surface area contributed by atoms with Gasteiger partial charge in [-0.1, -0.05) is 30.3 Å². The number of benzene rings is 2. The summed E-state index contributed by atoms with van der Waals surface area (Å²) < 4.78 is 0. The number of carbonyl (C=O) groups excluding carboxylic acids is 1. The number of hydrogen-bond donors (Lipinski definition) is 1. The van der Waals surface area contributed by atoms with Crippen LogP contribution in [0.3, 0.4) is 0 Å². The van der Waals surface area contributed by atoms with Crippen molar-refractivity contribution in [1.82, 2.24) is 4.90 Å². The molecule has 25 heavy (non-hydrogen) atoms. The summed E-state index contributed by atoms with van der Waals surface area (Å²) in [5.74, 6) is -2.34. The lowest BCUT2D eigenvalue weighted by Gasteiger charge is -2.40. The molecule has 2 aromatic carbocycles. The first-order valence-electron chi connectivity index (χ1n) is 7.82. The van der Waals surface area contributed by atoms with Crippen molar-refractivity contribution in [3.05, 3.63) is 75.3 Å². The van der Waals surface area contributed by atoms with E-state index >= 15 is 0 Å². The number of non-ortho nitro benzene ring substituents is 1. The molecule has 0 saturated heterocycles. The summed E-state index contributed by atoms with van der Waals surface area (Å²) in [5.41, 5.74) is 1.09. The maximum atomic E-state index is 12.8. The highest BCUT2D eigenvalue weighted by molar-refractivity contribution is 6.00. The van der Waals surface area contributed by atoms with Gasteiger partial charge in [0.2, 0.25) is 0 Å². The van der Waals surface area contributed by atoms with E-state index in [1.54, 1.807) is 37.3 Å². The van der Waals surface area contributed by atoms with Crippen molar-refractivity contribution in [3.63, 3.8) is 0 Å². The van der Waals surface area contributed by atoms with E-state index in [0.29, 0.717) is 23.2 Å². The van der Waals surface area contributed by atoms with Crippen LogP contribution in [-0.4, -0.2) is 33.4 Å². The molecule has 7 nitrogen and oxygen atoms in total. The zero-order valence-electron chi connectivity index (χ0n) is 13.5. The van der Waals surface area contributed by atoms with E-state index in [1.165, 1.54) is 23.1 Å². The van der Waals surface area contributed by atoms with E-state index in [-0.39, 0.29) is 11.6 Å². The Morgan fingerprint density at radius 2 is 1.96 bits per heavy atom. The maximum absolute atomic E-state index is 12.8. The van der Waals surface area contributed by atoms with E-state index < -0.39 is 22.9 Å². The van der Waals surface area contributed by atoms with Crippen LogP contribution in [0.25, 0.3) is 0 Å². The van der Waals surface area contributed by atoms with Gasteiger partial charge >= 0.3 is 5.97 Å². The van der Waals surface area contributed by atoms with Crippen LogP contribution in [0.15, 0.2) is 48.5 Å². The summed E-state index contributed by atoms with van der Waals surface area (Å²) in [4.78, 5) is 36.8. The molecule has 128 valence electrons. The second-order valence-electron chi connectivity index (χ2n) is 5.79. The van der Waals surface area contributed by atoms with Crippen LogP contribution in [0.1, 0.15) is 40.4 Å². The van der Waals surface area contributed by atoms with Crippen LogP contribution in [0.2, 0.25) is 0 Å². The quantitative estimate of drug-likeness (QED) is 0.681. The van der Waals surface area contributed by atoms with Crippen LogP contribution in [-0.2, 0) is 4.79 Å². The Morgan fingerprint density at radius 3 is 2.60 bits per heavy atom. The van der Waals surface area contributed by atoms with Gasteiger partial charge < -0.3 is 10.0 Å². The molecule has 1 heterocycles. The Hall–Kier alpha value is -3.22. The van der Waals surface area contributed by atoms with Crippen molar-refractivity contribution < 1.29 is 19.6 Å². The number of rotatable bonds is 4. The summed E-state index contributed by atoms with van der Waals surface area (Å²) in [7, 11) is 0. The van der Waals surface area contributed by atoms with Crippen molar-refractivity contribution >= 4 is 17.6 Å². The Balaban J connectivity index is 2.22. The molecule has 0 aromatic heterocycles. The zero-order valence-corrected chi connectivity index (χ0v) is 13.5. The SMILES string of the molecule is CCN1C(=O)c2ccccc2C(C(=O)O)C1c1cccc([N+](=O)[O-])c1. The van der Waals surface area contributed by atoms with E-state index in [4.69, 9.17) is 0 Å². The number of carboxylic acid groups (broad SMARTS) is 1. The second kappa shape index (κ2) is 6.35. The number of nitro groups is 1. The Labute approximate surface area is 143 Å². The van der Waals surface area contributed by atoms with Gasteiger partial charge in [0, 0.05) is 24.2 Å². The summed E-state index contributed by atoms with van der Waals surface area (Å²) >= 11 is 0. The number of likely N-dealkylation sites (N-methyl/N-ethyl adjacent to an activating group) is 1. The molecule has 3 rings (SSSR count). The predicted octanol–water partition coefficient (Wildman–Crippen LogP) is 2.98. The molecular formula is C18H16N2O5. The average Bonchev–Trinajstić information content (AvgIpc) is 2.61. The Morgan fingerprint density at radius 1 is 1.24 bits per heavy atom. The molecular weight excluding hydrogens is 324 g/mol. The van der Waals surface area contributed by atoms with Crippen molar-refractivity contribution in [2.24, 2.45) is 0 Å². The van der Waals surface area contributed by atoms with E-state index in [0.717, 1.165) is 0 Å². The third-order valence-corrected chi connectivity index (χ3v) is 4.47. The fourth-order valence-electron chi connectivity index (χ4n) is 3.40. The first-order valence-corrected chi connectivity index (χ1v) is 7.82. The summed E-state index contributed by atoms with van der Waals surface area (Å²) in [6, 6.07) is 11.6. The van der Waals surface area contributed by atoms with Gasteiger partial charge in [0.1, 0.15) is 5.92 Å². The molecule has 1 aliphatic heterocycles. The monoisotopic (exact) mass is 340 g/mol. The highest BCUT2D eigenvalue weighted by Gasteiger charge is 2.43. The van der Waals surface area contributed by atoms with Crippen molar-refractivity contribution in [2.45, 2.75) is 18.9 Å². The smallest absolute Gasteiger partial charge is 0.313 e. The topological polar surface area (TPSA) is 101 Å². The Bertz CT molecular complexity index is 864. The number of carboxylic acids is 1. The number of carbonyl (C=O) groups is 2. The average molecular weight is 340 g/mol.